The third-order valence-electron chi connectivity index (χ3n) is 4.25. The zero-order chi connectivity index (χ0) is 23.1. The van der Waals surface area contributed by atoms with Gasteiger partial charge in [-0.1, -0.05) is 114 Å². The molecule has 0 saturated heterocycles. The van der Waals surface area contributed by atoms with Crippen molar-refractivity contribution >= 4 is 79.6 Å². The second kappa shape index (κ2) is 12.0. The van der Waals surface area contributed by atoms with E-state index in [1.165, 1.54) is 9.79 Å². The molecule has 0 bridgehead atoms. The Morgan fingerprint density at radius 2 is 1.38 bits per heavy atom. The van der Waals surface area contributed by atoms with Gasteiger partial charge < -0.3 is 0 Å². The highest BCUT2D eigenvalue weighted by molar-refractivity contribution is 8.78. The number of rotatable bonds is 8. The van der Waals surface area contributed by atoms with Gasteiger partial charge in [0, 0.05) is 20.2 Å². The summed E-state index contributed by atoms with van der Waals surface area (Å²) < 4.78 is 0.0416. The number of hydrazone groups is 1. The van der Waals surface area contributed by atoms with Crippen LogP contribution in [0, 0.1) is 5.41 Å². The van der Waals surface area contributed by atoms with Crippen LogP contribution < -0.4 is 5.43 Å². The minimum absolute atomic E-state index is 0.0416. The summed E-state index contributed by atoms with van der Waals surface area (Å²) in [7, 11) is 3.51. The van der Waals surface area contributed by atoms with E-state index in [9.17, 15) is 0 Å². The van der Waals surface area contributed by atoms with Gasteiger partial charge in [0.1, 0.15) is 4.58 Å². The molecule has 168 valence electrons. The Morgan fingerprint density at radius 3 is 1.91 bits per heavy atom. The Kier molecular flexibility index (Phi) is 9.59. The van der Waals surface area contributed by atoms with Crippen LogP contribution in [0.15, 0.2) is 87.7 Å². The molecule has 0 aliphatic rings. The first-order valence-corrected chi connectivity index (χ1v) is 14.1. The van der Waals surface area contributed by atoms with E-state index in [2.05, 4.69) is 50.5 Å². The van der Waals surface area contributed by atoms with Gasteiger partial charge in [0.2, 0.25) is 0 Å². The molecular formula is C24H23Cl3N2S3. The van der Waals surface area contributed by atoms with Gasteiger partial charge in [-0.2, -0.15) is 5.10 Å². The number of halogens is 3. The molecule has 3 aromatic rings. The number of anilines is 1. The Morgan fingerprint density at radius 1 is 0.844 bits per heavy atom. The summed E-state index contributed by atoms with van der Waals surface area (Å²) in [6.07, 6.45) is 0. The van der Waals surface area contributed by atoms with Gasteiger partial charge in [0.25, 0.3) is 0 Å². The molecule has 0 radical (unpaired) electrons. The molecule has 0 aliphatic heterocycles. The second-order valence-electron chi connectivity index (χ2n) is 7.86. The first-order chi connectivity index (χ1) is 15.2. The number of hydrogen-bond acceptors (Lipinski definition) is 5. The van der Waals surface area contributed by atoms with Crippen molar-refractivity contribution in [2.75, 3.05) is 5.43 Å². The number of thioether (sulfide) groups is 1. The average molecular weight is 542 g/mol. The van der Waals surface area contributed by atoms with Gasteiger partial charge in [0.15, 0.2) is 0 Å². The van der Waals surface area contributed by atoms with Crippen LogP contribution >= 0.6 is 68.2 Å². The standard InChI is InChI=1S/C24H23Cl3N2S3/c1-24(2,3)22(29-28-21-19(26)14-16(25)15-20(21)27)23(30-17-10-6-4-7-11-17)32-31-18-12-8-5-9-13-18/h4-15,23,28H,1-3H3. The van der Waals surface area contributed by atoms with Crippen LogP contribution in [0.25, 0.3) is 0 Å². The van der Waals surface area contributed by atoms with Crippen molar-refractivity contribution in [3.05, 3.63) is 87.9 Å². The van der Waals surface area contributed by atoms with E-state index in [1.807, 2.05) is 36.4 Å². The van der Waals surface area contributed by atoms with Gasteiger partial charge in [-0.15, -0.1) is 11.8 Å². The maximum Gasteiger partial charge on any atom is 0.106 e. The van der Waals surface area contributed by atoms with Crippen LogP contribution in [0.1, 0.15) is 20.8 Å². The topological polar surface area (TPSA) is 24.4 Å². The van der Waals surface area contributed by atoms with E-state index in [4.69, 9.17) is 39.9 Å². The van der Waals surface area contributed by atoms with Crippen molar-refractivity contribution in [3.8, 4) is 0 Å². The summed E-state index contributed by atoms with van der Waals surface area (Å²) in [6, 6.07) is 24.0. The molecule has 0 heterocycles. The van der Waals surface area contributed by atoms with Crippen molar-refractivity contribution in [1.82, 2.24) is 0 Å². The predicted octanol–water partition coefficient (Wildman–Crippen LogP) is 10.0. The molecule has 0 fully saturated rings. The fourth-order valence-corrected chi connectivity index (χ4v) is 8.00. The van der Waals surface area contributed by atoms with E-state index < -0.39 is 0 Å². The Labute approximate surface area is 217 Å². The van der Waals surface area contributed by atoms with Gasteiger partial charge in [-0.3, -0.25) is 5.43 Å². The van der Waals surface area contributed by atoms with Crippen molar-refractivity contribution in [2.45, 2.75) is 35.1 Å². The molecule has 0 amide bonds. The van der Waals surface area contributed by atoms with Crippen LogP contribution in [-0.4, -0.2) is 10.3 Å². The van der Waals surface area contributed by atoms with Gasteiger partial charge >= 0.3 is 0 Å². The lowest BCUT2D eigenvalue weighted by atomic mass is 9.91. The highest BCUT2D eigenvalue weighted by Crippen LogP contribution is 2.45. The molecule has 1 unspecified atom stereocenters. The Hall–Kier alpha value is -0.950. The summed E-state index contributed by atoms with van der Waals surface area (Å²) in [5.41, 5.74) is 4.44. The third-order valence-corrected chi connectivity index (χ3v) is 9.39. The molecule has 0 spiro atoms. The molecule has 1 atom stereocenters. The highest BCUT2D eigenvalue weighted by atomic mass is 35.5. The van der Waals surface area contributed by atoms with Crippen molar-refractivity contribution < 1.29 is 0 Å². The Balaban J connectivity index is 1.93. The monoisotopic (exact) mass is 540 g/mol. The normalized spacial score (nSPS) is 13.1. The summed E-state index contributed by atoms with van der Waals surface area (Å²) in [4.78, 5) is 2.37. The van der Waals surface area contributed by atoms with Gasteiger partial charge in [0.05, 0.1) is 21.4 Å². The number of nitrogens with zero attached hydrogens (tertiary/aromatic N) is 1. The van der Waals surface area contributed by atoms with Crippen LogP contribution in [0.2, 0.25) is 15.1 Å². The number of hydrogen-bond donors (Lipinski definition) is 1. The van der Waals surface area contributed by atoms with E-state index >= 15 is 0 Å². The first-order valence-electron chi connectivity index (χ1n) is 9.83. The maximum absolute atomic E-state index is 6.37. The lowest BCUT2D eigenvalue weighted by Gasteiger charge is -2.28. The van der Waals surface area contributed by atoms with E-state index in [1.54, 1.807) is 45.5 Å². The van der Waals surface area contributed by atoms with Gasteiger partial charge in [-0.05, 0) is 36.4 Å². The molecule has 0 saturated carbocycles. The predicted molar refractivity (Wildman–Crippen MR) is 148 cm³/mol. The molecule has 0 aromatic heterocycles. The van der Waals surface area contributed by atoms with Crippen molar-refractivity contribution in [3.63, 3.8) is 0 Å². The lowest BCUT2D eigenvalue weighted by molar-refractivity contribution is 0.586. The smallest absolute Gasteiger partial charge is 0.106 e. The van der Waals surface area contributed by atoms with Gasteiger partial charge in [-0.25, -0.2) is 0 Å². The summed E-state index contributed by atoms with van der Waals surface area (Å²) in [5, 5.41) is 6.17. The molecule has 2 nitrogen and oxygen atoms in total. The largest absolute Gasteiger partial charge is 0.275 e. The quantitative estimate of drug-likeness (QED) is 0.101. The Bertz CT molecular complexity index is 1030. The molecule has 32 heavy (non-hydrogen) atoms. The molecule has 0 aliphatic carbocycles. The van der Waals surface area contributed by atoms with E-state index in [-0.39, 0.29) is 10.00 Å². The number of benzene rings is 3. The van der Waals surface area contributed by atoms with Crippen LogP contribution in [0.5, 0.6) is 0 Å². The van der Waals surface area contributed by atoms with Crippen molar-refractivity contribution in [2.24, 2.45) is 10.5 Å². The van der Waals surface area contributed by atoms with E-state index in [0.29, 0.717) is 20.8 Å². The molecule has 3 aromatic carbocycles. The second-order valence-corrected chi connectivity index (χ2v) is 13.0. The summed E-state index contributed by atoms with van der Waals surface area (Å²) in [6.45, 7) is 6.47. The fourth-order valence-electron chi connectivity index (χ4n) is 2.66. The summed E-state index contributed by atoms with van der Waals surface area (Å²) >= 11 is 20.6. The molecule has 8 heteroatoms. The SMILES string of the molecule is CC(C)(C)C(=NNc1c(Cl)cc(Cl)cc1Cl)C(SSc1ccccc1)Sc1ccccc1. The molecule has 1 N–H and O–H groups in total. The molecule has 3 rings (SSSR count). The highest BCUT2D eigenvalue weighted by Gasteiger charge is 2.30. The lowest BCUT2D eigenvalue weighted by Crippen LogP contribution is -2.29. The third kappa shape index (κ3) is 7.54. The molecular weight excluding hydrogens is 519 g/mol. The zero-order valence-corrected chi connectivity index (χ0v) is 22.5. The van der Waals surface area contributed by atoms with Crippen molar-refractivity contribution in [1.29, 1.82) is 0 Å². The first kappa shape index (κ1) is 25.7. The van der Waals surface area contributed by atoms with Crippen LogP contribution in [0.4, 0.5) is 5.69 Å². The zero-order valence-electron chi connectivity index (χ0n) is 17.8. The van der Waals surface area contributed by atoms with Crippen LogP contribution in [-0.2, 0) is 0 Å². The fraction of sp³-hybridized carbons (Fsp3) is 0.208. The number of nitrogens with one attached hydrogen (secondary N) is 1. The minimum Gasteiger partial charge on any atom is -0.275 e. The minimum atomic E-state index is -0.199. The summed E-state index contributed by atoms with van der Waals surface area (Å²) in [5.74, 6) is 0. The van der Waals surface area contributed by atoms with E-state index in [0.717, 1.165) is 5.71 Å². The maximum atomic E-state index is 6.37. The average Bonchev–Trinajstić information content (AvgIpc) is 2.74. The van der Waals surface area contributed by atoms with Crippen LogP contribution in [0.3, 0.4) is 0 Å².